The van der Waals surface area contributed by atoms with E-state index >= 15 is 0 Å². The third-order valence-corrected chi connectivity index (χ3v) is 5.19. The molecule has 1 N–H and O–H groups in total. The molecule has 0 aromatic rings. The molecular weight excluding hydrogens is 322 g/mol. The number of carboxylic acids is 1. The number of rotatable bonds is 20. The molecule has 0 aromatic carbocycles. The molecule has 0 aliphatic rings. The quantitative estimate of drug-likeness (QED) is 0.183. The lowest BCUT2D eigenvalue weighted by Gasteiger charge is -2.11. The van der Waals surface area contributed by atoms with Gasteiger partial charge in [-0.3, -0.25) is 4.79 Å². The lowest BCUT2D eigenvalue weighted by atomic mass is 9.95. The number of hydrogen-bond acceptors (Lipinski definition) is 2. The summed E-state index contributed by atoms with van der Waals surface area (Å²) in [5.41, 5.74) is 0. The molecule has 0 aliphatic heterocycles. The van der Waals surface area contributed by atoms with Crippen molar-refractivity contribution in [2.45, 2.75) is 116 Å². The summed E-state index contributed by atoms with van der Waals surface area (Å²) in [4.78, 5) is 15.3. The zero-order chi connectivity index (χ0) is 19.3. The van der Waals surface area contributed by atoms with Crippen molar-refractivity contribution in [1.82, 2.24) is 0 Å². The van der Waals surface area contributed by atoms with Crippen LogP contribution in [0.1, 0.15) is 116 Å². The van der Waals surface area contributed by atoms with E-state index in [1.165, 1.54) is 77.0 Å². The number of hydrogen-bond donors (Lipinski definition) is 1. The Balaban J connectivity index is 3.41. The number of aliphatic carboxylic acids is 1. The zero-order valence-electron chi connectivity index (χ0n) is 17.3. The van der Waals surface area contributed by atoms with Crippen molar-refractivity contribution in [2.24, 2.45) is 10.9 Å². The average molecular weight is 366 g/mol. The van der Waals surface area contributed by atoms with Crippen LogP contribution in [0.5, 0.6) is 0 Å². The van der Waals surface area contributed by atoms with Gasteiger partial charge in [0.25, 0.3) is 0 Å². The molecule has 0 bridgehead atoms. The van der Waals surface area contributed by atoms with Crippen LogP contribution in [0.2, 0.25) is 0 Å². The molecule has 0 amide bonds. The second-order valence-electron chi connectivity index (χ2n) is 7.60. The first-order valence-electron chi connectivity index (χ1n) is 11.1. The van der Waals surface area contributed by atoms with Gasteiger partial charge >= 0.3 is 5.97 Å². The maximum atomic E-state index is 11.3. The first-order chi connectivity index (χ1) is 12.7. The average Bonchev–Trinajstić information content (AvgIpc) is 2.63. The number of unbranched alkanes of at least 4 members (excludes halogenated alkanes) is 13. The summed E-state index contributed by atoms with van der Waals surface area (Å²) in [6, 6.07) is 0. The molecule has 3 heteroatoms. The first-order valence-corrected chi connectivity index (χ1v) is 11.1. The molecule has 0 aliphatic carbocycles. The maximum absolute atomic E-state index is 11.3. The summed E-state index contributed by atoms with van der Waals surface area (Å²) >= 11 is 0. The monoisotopic (exact) mass is 365 g/mol. The minimum atomic E-state index is -0.629. The molecule has 0 saturated heterocycles. The van der Waals surface area contributed by atoms with Crippen LogP contribution in [0.25, 0.3) is 0 Å². The highest BCUT2D eigenvalue weighted by atomic mass is 16.4. The van der Waals surface area contributed by atoms with Crippen molar-refractivity contribution in [3.8, 4) is 0 Å². The van der Waals surface area contributed by atoms with E-state index in [0.29, 0.717) is 6.54 Å². The minimum absolute atomic E-state index is 0.171. The summed E-state index contributed by atoms with van der Waals surface area (Å²) in [7, 11) is 0. The van der Waals surface area contributed by atoms with E-state index in [1.54, 1.807) is 0 Å². The van der Waals surface area contributed by atoms with Gasteiger partial charge in [0.05, 0.1) is 5.92 Å². The molecule has 3 nitrogen and oxygen atoms in total. The zero-order valence-corrected chi connectivity index (χ0v) is 17.3. The van der Waals surface area contributed by atoms with E-state index in [-0.39, 0.29) is 5.92 Å². The highest BCUT2D eigenvalue weighted by Gasteiger charge is 2.16. The molecule has 1 unspecified atom stereocenters. The van der Waals surface area contributed by atoms with Gasteiger partial charge in [0.15, 0.2) is 0 Å². The van der Waals surface area contributed by atoms with E-state index in [4.69, 9.17) is 0 Å². The molecule has 1 atom stereocenters. The van der Waals surface area contributed by atoms with Gasteiger partial charge in [-0.05, 0) is 31.7 Å². The van der Waals surface area contributed by atoms with Crippen molar-refractivity contribution >= 4 is 11.8 Å². The van der Waals surface area contributed by atoms with Crippen molar-refractivity contribution in [1.29, 1.82) is 0 Å². The Labute approximate surface area is 162 Å². The summed E-state index contributed by atoms with van der Waals surface area (Å²) in [5.74, 6) is 1.72. The molecule has 26 heavy (non-hydrogen) atoms. The Morgan fingerprint density at radius 1 is 0.808 bits per heavy atom. The Morgan fingerprint density at radius 2 is 1.23 bits per heavy atom. The first kappa shape index (κ1) is 24.9. The molecule has 152 valence electrons. The summed E-state index contributed by atoms with van der Waals surface area (Å²) in [5, 5.41) is 9.32. The molecule has 0 fully saturated rings. The highest BCUT2D eigenvalue weighted by molar-refractivity contribution is 5.69. The summed E-state index contributed by atoms with van der Waals surface area (Å²) in [6.07, 6.45) is 20.8. The van der Waals surface area contributed by atoms with Gasteiger partial charge in [0, 0.05) is 6.54 Å². The molecule has 0 rings (SSSR count). The topological polar surface area (TPSA) is 49.7 Å². The Kier molecular flexibility index (Phi) is 19.4. The predicted octanol–water partition coefficient (Wildman–Crippen LogP) is 7.19. The second kappa shape index (κ2) is 20.2. The number of aliphatic imine (C=N–C) groups is 1. The Morgan fingerprint density at radius 3 is 1.65 bits per heavy atom. The summed E-state index contributed by atoms with van der Waals surface area (Å²) in [6.45, 7) is 6.42. The molecule has 0 radical (unpaired) electrons. The SMILES string of the molecule is C=C=NCCCCC(CCCCCCCCCCCCCCC)C(=O)O. The van der Waals surface area contributed by atoms with Crippen LogP contribution < -0.4 is 0 Å². The fraction of sp³-hybridized carbons (Fsp3) is 0.870. The van der Waals surface area contributed by atoms with E-state index in [0.717, 1.165) is 32.1 Å². The minimum Gasteiger partial charge on any atom is -0.481 e. The van der Waals surface area contributed by atoms with Gasteiger partial charge in [0.2, 0.25) is 0 Å². The van der Waals surface area contributed by atoms with Crippen molar-refractivity contribution in [3.05, 3.63) is 6.58 Å². The normalized spacial score (nSPS) is 11.9. The molecular formula is C23H43NO2. The molecule has 0 saturated carbocycles. The number of carboxylic acid groups (broad SMARTS) is 1. The Bertz CT molecular complexity index is 361. The van der Waals surface area contributed by atoms with Crippen molar-refractivity contribution < 1.29 is 9.90 Å². The van der Waals surface area contributed by atoms with Crippen LogP contribution in [0, 0.1) is 5.92 Å². The van der Waals surface area contributed by atoms with E-state index in [2.05, 4.69) is 24.4 Å². The Hall–Kier alpha value is -1.08. The van der Waals surface area contributed by atoms with Gasteiger partial charge in [-0.25, -0.2) is 4.99 Å². The van der Waals surface area contributed by atoms with Crippen molar-refractivity contribution in [2.75, 3.05) is 6.54 Å². The predicted molar refractivity (Wildman–Crippen MR) is 113 cm³/mol. The van der Waals surface area contributed by atoms with E-state index in [9.17, 15) is 9.90 Å². The largest absolute Gasteiger partial charge is 0.481 e. The van der Waals surface area contributed by atoms with Gasteiger partial charge in [-0.15, -0.1) is 0 Å². The third kappa shape index (κ3) is 17.7. The van der Waals surface area contributed by atoms with Gasteiger partial charge in [-0.1, -0.05) is 96.8 Å². The highest BCUT2D eigenvalue weighted by Crippen LogP contribution is 2.18. The van der Waals surface area contributed by atoms with Gasteiger partial charge in [0.1, 0.15) is 0 Å². The van der Waals surface area contributed by atoms with Crippen LogP contribution in [-0.4, -0.2) is 23.5 Å². The molecule has 0 aromatic heterocycles. The second-order valence-corrected chi connectivity index (χ2v) is 7.60. The van der Waals surface area contributed by atoms with Gasteiger partial charge < -0.3 is 5.11 Å². The third-order valence-electron chi connectivity index (χ3n) is 5.19. The van der Waals surface area contributed by atoms with Crippen LogP contribution in [0.3, 0.4) is 0 Å². The smallest absolute Gasteiger partial charge is 0.306 e. The number of carbonyl (C=O) groups is 1. The molecule has 0 spiro atoms. The van der Waals surface area contributed by atoms with E-state index in [1.807, 2.05) is 0 Å². The van der Waals surface area contributed by atoms with Gasteiger partial charge in [-0.2, -0.15) is 0 Å². The van der Waals surface area contributed by atoms with Crippen LogP contribution in [-0.2, 0) is 4.79 Å². The van der Waals surface area contributed by atoms with Crippen molar-refractivity contribution in [3.63, 3.8) is 0 Å². The summed E-state index contributed by atoms with van der Waals surface area (Å²) < 4.78 is 0. The lowest BCUT2D eigenvalue weighted by Crippen LogP contribution is -2.13. The van der Waals surface area contributed by atoms with Crippen LogP contribution in [0.15, 0.2) is 11.6 Å². The fourth-order valence-corrected chi connectivity index (χ4v) is 3.46. The lowest BCUT2D eigenvalue weighted by molar-refractivity contribution is -0.142. The van der Waals surface area contributed by atoms with Crippen LogP contribution in [0.4, 0.5) is 0 Å². The van der Waals surface area contributed by atoms with E-state index < -0.39 is 5.97 Å². The molecule has 0 heterocycles. The number of nitrogens with zero attached hydrogens (tertiary/aromatic N) is 1. The standard InChI is InChI=1S/C23H43NO2/c1-3-5-6-7-8-9-10-11-12-13-14-15-16-19-22(23(25)26)20-17-18-21-24-4-2/h22H,2-3,5-21H2,1H3,(H,25,26). The van der Waals surface area contributed by atoms with Crippen LogP contribution >= 0.6 is 0 Å². The fourth-order valence-electron chi connectivity index (χ4n) is 3.46. The maximum Gasteiger partial charge on any atom is 0.306 e.